The molecule has 190 valence electrons. The van der Waals surface area contributed by atoms with E-state index in [1.165, 1.54) is 26.0 Å². The van der Waals surface area contributed by atoms with Gasteiger partial charge in [0.15, 0.2) is 11.6 Å². The topological polar surface area (TPSA) is 78.9 Å². The molecule has 0 saturated heterocycles. The Morgan fingerprint density at radius 1 is 0.757 bits per heavy atom. The average Bonchev–Trinajstić information content (AvgIpc) is 2.87. The van der Waals surface area contributed by atoms with E-state index in [0.29, 0.717) is 16.4 Å². The third kappa shape index (κ3) is 7.21. The van der Waals surface area contributed by atoms with Crippen LogP contribution in [0.5, 0.6) is 5.75 Å². The lowest BCUT2D eigenvalue weighted by Gasteiger charge is -2.11. The van der Waals surface area contributed by atoms with E-state index >= 15 is 0 Å². The molecule has 0 N–H and O–H groups in total. The molecule has 6 nitrogen and oxygen atoms in total. The molecule has 0 aromatic heterocycles. The van der Waals surface area contributed by atoms with Crippen LogP contribution in [0.1, 0.15) is 24.2 Å². The minimum Gasteiger partial charge on any atom is -0.459 e. The number of esters is 3. The summed E-state index contributed by atoms with van der Waals surface area (Å²) in [4.78, 5) is 35.4. The third-order valence-electron chi connectivity index (χ3n) is 5.20. The molecular weight excluding hydrogens is 494 g/mol. The molecule has 0 radical (unpaired) electrons. The Bertz CT molecular complexity index is 1380. The second-order valence-electron chi connectivity index (χ2n) is 8.25. The van der Waals surface area contributed by atoms with E-state index in [4.69, 9.17) is 14.2 Å². The summed E-state index contributed by atoms with van der Waals surface area (Å²) in [5.74, 6) is -2.57. The molecule has 3 aromatic rings. The molecule has 0 bridgehead atoms. The Morgan fingerprint density at radius 2 is 1.27 bits per heavy atom. The molecular formula is C29H26FO6P. The van der Waals surface area contributed by atoms with Gasteiger partial charge in [0.1, 0.15) is 13.2 Å². The van der Waals surface area contributed by atoms with Crippen molar-refractivity contribution in [2.75, 3.05) is 13.2 Å². The van der Waals surface area contributed by atoms with Crippen molar-refractivity contribution >= 4 is 32.5 Å². The maximum atomic E-state index is 14.4. The number of rotatable bonds is 9. The van der Waals surface area contributed by atoms with Crippen LogP contribution in [0.25, 0.3) is 22.3 Å². The van der Waals surface area contributed by atoms with Gasteiger partial charge in [-0.2, -0.15) is 0 Å². The SMILES string of the molecule is C=C(C)C(=O)OCCOC(=O)c1ccc(-c2ccc(-c3ccc(OC(=O)C(=C)C)c(F)c3)cc2)cc1P. The molecule has 0 aliphatic carbocycles. The monoisotopic (exact) mass is 520 g/mol. The molecule has 0 aliphatic heterocycles. The summed E-state index contributed by atoms with van der Waals surface area (Å²) in [6, 6.07) is 17.1. The summed E-state index contributed by atoms with van der Waals surface area (Å²) in [5, 5.41) is 0.646. The summed E-state index contributed by atoms with van der Waals surface area (Å²) in [6.45, 7) is 9.87. The second kappa shape index (κ2) is 12.2. The highest BCUT2D eigenvalue weighted by molar-refractivity contribution is 7.27. The first-order valence-electron chi connectivity index (χ1n) is 11.2. The second-order valence-corrected chi connectivity index (χ2v) is 8.87. The largest absolute Gasteiger partial charge is 0.459 e. The highest BCUT2D eigenvalue weighted by Gasteiger charge is 2.14. The predicted octanol–water partition coefficient (Wildman–Crippen LogP) is 5.42. The first-order chi connectivity index (χ1) is 17.6. The van der Waals surface area contributed by atoms with Crippen LogP contribution in [-0.2, 0) is 19.1 Å². The zero-order valence-electron chi connectivity index (χ0n) is 20.5. The van der Waals surface area contributed by atoms with Gasteiger partial charge in [-0.25, -0.2) is 18.8 Å². The predicted molar refractivity (Wildman–Crippen MR) is 143 cm³/mol. The van der Waals surface area contributed by atoms with Crippen LogP contribution in [0.15, 0.2) is 85.0 Å². The van der Waals surface area contributed by atoms with Gasteiger partial charge in [0.2, 0.25) is 0 Å². The number of halogens is 1. The lowest BCUT2D eigenvalue weighted by atomic mass is 9.99. The highest BCUT2D eigenvalue weighted by Crippen LogP contribution is 2.28. The fraction of sp³-hybridized carbons (Fsp3) is 0.138. The first-order valence-corrected chi connectivity index (χ1v) is 11.8. The number of carbonyl (C=O) groups is 3. The Hall–Kier alpha value is -4.09. The van der Waals surface area contributed by atoms with Crippen molar-refractivity contribution in [3.8, 4) is 28.0 Å². The smallest absolute Gasteiger partial charge is 0.338 e. The van der Waals surface area contributed by atoms with Crippen molar-refractivity contribution in [3.63, 3.8) is 0 Å². The summed E-state index contributed by atoms with van der Waals surface area (Å²) < 4.78 is 29.5. The zero-order valence-corrected chi connectivity index (χ0v) is 21.7. The van der Waals surface area contributed by atoms with Crippen LogP contribution in [0.3, 0.4) is 0 Å². The number of benzene rings is 3. The van der Waals surface area contributed by atoms with Crippen LogP contribution in [0, 0.1) is 5.82 Å². The van der Waals surface area contributed by atoms with Gasteiger partial charge < -0.3 is 14.2 Å². The van der Waals surface area contributed by atoms with E-state index in [2.05, 4.69) is 22.4 Å². The van der Waals surface area contributed by atoms with E-state index in [1.807, 2.05) is 30.3 Å². The van der Waals surface area contributed by atoms with E-state index in [1.54, 1.807) is 18.2 Å². The molecule has 0 fully saturated rings. The lowest BCUT2D eigenvalue weighted by molar-refractivity contribution is -0.140. The Balaban J connectivity index is 1.67. The average molecular weight is 520 g/mol. The fourth-order valence-corrected chi connectivity index (χ4v) is 3.60. The zero-order chi connectivity index (χ0) is 27.1. The number of hydrogen-bond acceptors (Lipinski definition) is 6. The van der Waals surface area contributed by atoms with Gasteiger partial charge in [0, 0.05) is 11.1 Å². The van der Waals surface area contributed by atoms with Gasteiger partial charge in [0.25, 0.3) is 0 Å². The van der Waals surface area contributed by atoms with Gasteiger partial charge in [-0.1, -0.05) is 49.6 Å². The molecule has 0 saturated carbocycles. The van der Waals surface area contributed by atoms with Crippen LogP contribution >= 0.6 is 9.24 Å². The molecule has 0 heterocycles. The highest BCUT2D eigenvalue weighted by atomic mass is 31.0. The van der Waals surface area contributed by atoms with Gasteiger partial charge >= 0.3 is 17.9 Å². The van der Waals surface area contributed by atoms with Crippen molar-refractivity contribution in [3.05, 3.63) is 96.3 Å². The Labute approximate surface area is 217 Å². The molecule has 37 heavy (non-hydrogen) atoms. The van der Waals surface area contributed by atoms with Crippen LogP contribution in [0.4, 0.5) is 4.39 Å². The van der Waals surface area contributed by atoms with E-state index in [9.17, 15) is 18.8 Å². The molecule has 1 atom stereocenters. The molecule has 3 aromatic carbocycles. The summed E-state index contributed by atoms with van der Waals surface area (Å²) in [5.41, 5.74) is 3.99. The van der Waals surface area contributed by atoms with E-state index < -0.39 is 23.7 Å². The normalized spacial score (nSPS) is 10.4. The van der Waals surface area contributed by atoms with Gasteiger partial charge in [0.05, 0.1) is 5.56 Å². The molecule has 8 heteroatoms. The summed E-state index contributed by atoms with van der Waals surface area (Å²) in [6.07, 6.45) is 0. The van der Waals surface area contributed by atoms with Crippen molar-refractivity contribution in [1.29, 1.82) is 0 Å². The van der Waals surface area contributed by atoms with Crippen molar-refractivity contribution < 1.29 is 33.0 Å². The Morgan fingerprint density at radius 3 is 1.81 bits per heavy atom. The number of hydrogen-bond donors (Lipinski definition) is 0. The molecule has 3 rings (SSSR count). The lowest BCUT2D eigenvalue weighted by Crippen LogP contribution is -2.17. The van der Waals surface area contributed by atoms with Crippen LogP contribution in [0.2, 0.25) is 0 Å². The van der Waals surface area contributed by atoms with Crippen LogP contribution < -0.4 is 10.0 Å². The molecule has 1 unspecified atom stereocenters. The van der Waals surface area contributed by atoms with E-state index in [0.717, 1.165) is 16.7 Å². The third-order valence-corrected chi connectivity index (χ3v) is 5.68. The van der Waals surface area contributed by atoms with Crippen molar-refractivity contribution in [2.24, 2.45) is 0 Å². The number of carbonyl (C=O) groups excluding carboxylic acids is 3. The first kappa shape index (κ1) is 27.5. The van der Waals surface area contributed by atoms with Gasteiger partial charge in [-0.05, 0) is 65.7 Å². The molecule has 0 aliphatic rings. The van der Waals surface area contributed by atoms with Crippen molar-refractivity contribution in [2.45, 2.75) is 13.8 Å². The van der Waals surface area contributed by atoms with Crippen molar-refractivity contribution in [1.82, 2.24) is 0 Å². The van der Waals surface area contributed by atoms with E-state index in [-0.39, 0.29) is 30.1 Å². The minimum atomic E-state index is -0.687. The standard InChI is InChI=1S/C29H26FO6P/c1-17(2)27(31)34-13-14-35-29(33)23-11-9-22(16-26(23)37)20-7-5-19(6-8-20)21-10-12-25(24(30)15-21)36-28(32)18(3)4/h5-12,15-16H,1,3,13-14,37H2,2,4H3. The number of ether oxygens (including phenoxy) is 3. The van der Waals surface area contributed by atoms with Gasteiger partial charge in [-0.3, -0.25) is 0 Å². The summed E-state index contributed by atoms with van der Waals surface area (Å²) >= 11 is 0. The fourth-order valence-electron chi connectivity index (χ4n) is 3.20. The minimum absolute atomic E-state index is 0.0552. The molecule has 0 amide bonds. The Kier molecular flexibility index (Phi) is 9.10. The van der Waals surface area contributed by atoms with Gasteiger partial charge in [-0.15, -0.1) is 9.24 Å². The summed E-state index contributed by atoms with van der Waals surface area (Å²) in [7, 11) is 2.52. The quantitative estimate of drug-likeness (QED) is 0.123. The molecule has 0 spiro atoms. The maximum absolute atomic E-state index is 14.4. The maximum Gasteiger partial charge on any atom is 0.338 e. The van der Waals surface area contributed by atoms with Crippen LogP contribution in [-0.4, -0.2) is 31.1 Å².